The fourth-order valence-electron chi connectivity index (χ4n) is 4.06. The molecule has 1 aliphatic heterocycles. The first-order valence-corrected chi connectivity index (χ1v) is 11.4. The quantitative estimate of drug-likeness (QED) is 0.338. The zero-order chi connectivity index (χ0) is 25.7. The van der Waals surface area contributed by atoms with Crippen molar-refractivity contribution >= 4 is 28.7 Å². The van der Waals surface area contributed by atoms with E-state index in [1.807, 2.05) is 30.3 Å². The van der Waals surface area contributed by atoms with Crippen LogP contribution in [0.1, 0.15) is 38.3 Å². The number of hydrogen-bond acceptors (Lipinski definition) is 10. The zero-order valence-corrected chi connectivity index (χ0v) is 20.2. The van der Waals surface area contributed by atoms with E-state index in [1.54, 1.807) is 6.20 Å². The molecule has 4 rings (SSSR count). The maximum atomic E-state index is 11.8. The molecule has 0 N–H and O–H groups in total. The van der Waals surface area contributed by atoms with Crippen LogP contribution in [0.4, 0.5) is 0 Å². The second-order valence-electron chi connectivity index (χ2n) is 8.38. The molecule has 0 bridgehead atoms. The van der Waals surface area contributed by atoms with Gasteiger partial charge in [-0.15, -0.1) is 5.10 Å². The van der Waals surface area contributed by atoms with Crippen LogP contribution in [0.2, 0.25) is 0 Å². The highest BCUT2D eigenvalue weighted by atomic mass is 16.6. The van der Waals surface area contributed by atoms with Gasteiger partial charge < -0.3 is 23.7 Å². The highest BCUT2D eigenvalue weighted by Crippen LogP contribution is 2.30. The van der Waals surface area contributed by atoms with Gasteiger partial charge in [-0.1, -0.05) is 41.6 Å². The van der Waals surface area contributed by atoms with Gasteiger partial charge in [-0.05, 0) is 22.4 Å². The smallest absolute Gasteiger partial charge is 0.303 e. The fraction of sp³-hybridized carbons (Fsp3) is 0.400. The Kier molecular flexibility index (Phi) is 7.91. The lowest BCUT2D eigenvalue weighted by Crippen LogP contribution is -2.55. The van der Waals surface area contributed by atoms with Gasteiger partial charge in [-0.2, -0.15) is 0 Å². The van der Waals surface area contributed by atoms with Crippen molar-refractivity contribution in [1.29, 1.82) is 0 Å². The normalized spacial score (nSPS) is 21.6. The number of fused-ring (bicyclic) bond motifs is 1. The van der Waals surface area contributed by atoms with Crippen molar-refractivity contribution in [3.05, 3.63) is 59.9 Å². The van der Waals surface area contributed by atoms with Crippen LogP contribution in [0.5, 0.6) is 0 Å². The van der Waals surface area contributed by atoms with E-state index in [1.165, 1.54) is 25.5 Å². The number of rotatable bonds is 8. The highest BCUT2D eigenvalue weighted by molar-refractivity contribution is 5.82. The van der Waals surface area contributed by atoms with Gasteiger partial charge in [-0.25, -0.2) is 4.68 Å². The van der Waals surface area contributed by atoms with Gasteiger partial charge >= 0.3 is 17.9 Å². The molecule has 0 radical (unpaired) electrons. The maximum Gasteiger partial charge on any atom is 0.303 e. The van der Waals surface area contributed by atoms with Gasteiger partial charge in [0.15, 0.2) is 24.5 Å². The summed E-state index contributed by atoms with van der Waals surface area (Å²) in [5.41, 5.74) is 1.54. The summed E-state index contributed by atoms with van der Waals surface area (Å²) in [4.78, 5) is 35.1. The first-order valence-electron chi connectivity index (χ1n) is 11.4. The second kappa shape index (κ2) is 11.3. The molecule has 11 heteroatoms. The Bertz CT molecular complexity index is 1240. The number of esters is 3. The van der Waals surface area contributed by atoms with Crippen LogP contribution < -0.4 is 0 Å². The molecule has 4 atom stereocenters. The molecule has 1 saturated heterocycles. The van der Waals surface area contributed by atoms with E-state index in [0.29, 0.717) is 12.3 Å². The third-order valence-electron chi connectivity index (χ3n) is 5.47. The van der Waals surface area contributed by atoms with Crippen LogP contribution in [0.25, 0.3) is 10.8 Å². The molecular formula is C25H27N3O8. The van der Waals surface area contributed by atoms with E-state index >= 15 is 0 Å². The van der Waals surface area contributed by atoms with E-state index in [2.05, 4.69) is 22.4 Å². The summed E-state index contributed by atoms with van der Waals surface area (Å²) in [5.74, 6) is -1.85. The Hall–Kier alpha value is -3.83. The van der Waals surface area contributed by atoms with Crippen molar-refractivity contribution in [2.75, 3.05) is 6.61 Å². The molecular weight excluding hydrogens is 470 g/mol. The number of benzene rings is 2. The monoisotopic (exact) mass is 497 g/mol. The molecule has 1 fully saturated rings. The standard InChI is InChI=1S/C25H27N3O8/c1-15(29)34-22-14-33-25(24(36-17(3)31)23(22)35-16(2)30)28-11-21(26-27-28)13-32-12-18-8-9-19-6-4-5-7-20(19)10-18/h4-11,22-25H,12-14H2,1-3H3. The molecule has 1 aliphatic rings. The van der Waals surface area contributed by atoms with Crippen LogP contribution in [0.3, 0.4) is 0 Å². The van der Waals surface area contributed by atoms with Crippen molar-refractivity contribution in [3.8, 4) is 0 Å². The average Bonchev–Trinajstić information content (AvgIpc) is 3.29. The minimum Gasteiger partial charge on any atom is -0.456 e. The van der Waals surface area contributed by atoms with E-state index in [0.717, 1.165) is 16.3 Å². The molecule has 1 aromatic heterocycles. The summed E-state index contributed by atoms with van der Waals surface area (Å²) in [6, 6.07) is 14.2. The predicted molar refractivity (Wildman–Crippen MR) is 124 cm³/mol. The van der Waals surface area contributed by atoms with Crippen LogP contribution in [-0.2, 0) is 51.3 Å². The van der Waals surface area contributed by atoms with E-state index in [-0.39, 0.29) is 13.2 Å². The summed E-state index contributed by atoms with van der Waals surface area (Å²) >= 11 is 0. The van der Waals surface area contributed by atoms with Gasteiger partial charge in [0.2, 0.25) is 0 Å². The lowest BCUT2D eigenvalue weighted by Gasteiger charge is -2.40. The van der Waals surface area contributed by atoms with Gasteiger partial charge in [-0.3, -0.25) is 14.4 Å². The first kappa shape index (κ1) is 25.3. The third-order valence-corrected chi connectivity index (χ3v) is 5.47. The largest absolute Gasteiger partial charge is 0.456 e. The molecule has 0 amide bonds. The Morgan fingerprint density at radius 2 is 1.61 bits per heavy atom. The lowest BCUT2D eigenvalue weighted by atomic mass is 10.0. The number of ether oxygens (including phenoxy) is 5. The van der Waals surface area contributed by atoms with E-state index in [9.17, 15) is 14.4 Å². The van der Waals surface area contributed by atoms with Gasteiger partial charge in [0.05, 0.1) is 26.0 Å². The number of nitrogens with zero attached hydrogens (tertiary/aromatic N) is 3. The van der Waals surface area contributed by atoms with Crippen molar-refractivity contribution in [2.24, 2.45) is 0 Å². The van der Waals surface area contributed by atoms with Gasteiger partial charge in [0, 0.05) is 20.8 Å². The van der Waals surface area contributed by atoms with Crippen LogP contribution in [-0.4, -0.2) is 57.8 Å². The Labute approximate surface area is 207 Å². The molecule has 4 unspecified atom stereocenters. The Morgan fingerprint density at radius 1 is 0.917 bits per heavy atom. The van der Waals surface area contributed by atoms with Crippen molar-refractivity contribution in [3.63, 3.8) is 0 Å². The van der Waals surface area contributed by atoms with Crippen LogP contribution >= 0.6 is 0 Å². The topological polar surface area (TPSA) is 128 Å². The minimum absolute atomic E-state index is 0.104. The average molecular weight is 498 g/mol. The molecule has 190 valence electrons. The summed E-state index contributed by atoms with van der Waals surface area (Å²) in [6.07, 6.45) is -2.55. The molecule has 2 heterocycles. The number of carbonyl (C=O) groups is 3. The zero-order valence-electron chi connectivity index (χ0n) is 20.2. The number of aromatic nitrogens is 3. The molecule has 3 aromatic rings. The maximum absolute atomic E-state index is 11.8. The second-order valence-corrected chi connectivity index (χ2v) is 8.38. The summed E-state index contributed by atoms with van der Waals surface area (Å²) in [7, 11) is 0. The number of hydrogen-bond donors (Lipinski definition) is 0. The van der Waals surface area contributed by atoms with Crippen LogP contribution in [0, 0.1) is 0 Å². The van der Waals surface area contributed by atoms with E-state index < -0.39 is 42.4 Å². The highest BCUT2D eigenvalue weighted by Gasteiger charge is 2.48. The Morgan fingerprint density at radius 3 is 2.33 bits per heavy atom. The third kappa shape index (κ3) is 6.23. The Balaban J connectivity index is 1.45. The molecule has 36 heavy (non-hydrogen) atoms. The molecule has 0 spiro atoms. The molecule has 0 saturated carbocycles. The SMILES string of the molecule is CC(=O)OC1COC(n2cc(COCc3ccc4ccccc4c3)nn2)C(OC(C)=O)C1OC(C)=O. The van der Waals surface area contributed by atoms with Gasteiger partial charge in [0.25, 0.3) is 0 Å². The number of carbonyl (C=O) groups excluding carboxylic acids is 3. The fourth-order valence-corrected chi connectivity index (χ4v) is 4.06. The summed E-state index contributed by atoms with van der Waals surface area (Å²) in [6.45, 7) is 4.10. The van der Waals surface area contributed by atoms with E-state index in [4.69, 9.17) is 23.7 Å². The summed E-state index contributed by atoms with van der Waals surface area (Å²) in [5, 5.41) is 10.5. The summed E-state index contributed by atoms with van der Waals surface area (Å²) < 4.78 is 29.0. The lowest BCUT2D eigenvalue weighted by molar-refractivity contribution is -0.241. The van der Waals surface area contributed by atoms with Crippen molar-refractivity contribution in [2.45, 2.75) is 58.5 Å². The van der Waals surface area contributed by atoms with Gasteiger partial charge in [0.1, 0.15) is 5.69 Å². The molecule has 2 aromatic carbocycles. The van der Waals surface area contributed by atoms with Crippen molar-refractivity contribution < 1.29 is 38.1 Å². The van der Waals surface area contributed by atoms with Crippen LogP contribution in [0.15, 0.2) is 48.7 Å². The minimum atomic E-state index is -1.13. The molecule has 0 aliphatic carbocycles. The first-order chi connectivity index (χ1) is 17.3. The predicted octanol–water partition coefficient (Wildman–Crippen LogP) is 2.47. The van der Waals surface area contributed by atoms with Crippen molar-refractivity contribution in [1.82, 2.24) is 15.0 Å². The molecule has 11 nitrogen and oxygen atoms in total.